The van der Waals surface area contributed by atoms with E-state index in [9.17, 15) is 4.79 Å². The van der Waals surface area contributed by atoms with E-state index in [1.165, 1.54) is 22.7 Å². The molecule has 0 spiro atoms. The quantitative estimate of drug-likeness (QED) is 0.641. The third-order valence-electron chi connectivity index (χ3n) is 3.40. The van der Waals surface area contributed by atoms with Gasteiger partial charge in [-0.2, -0.15) is 0 Å². The Morgan fingerprint density at radius 2 is 1.92 bits per heavy atom. The summed E-state index contributed by atoms with van der Waals surface area (Å²) in [5, 5.41) is 5.58. The summed E-state index contributed by atoms with van der Waals surface area (Å²) < 4.78 is 11.7. The number of carbonyl (C=O) groups is 1. The highest BCUT2D eigenvalue weighted by Crippen LogP contribution is 2.38. The molecule has 0 unspecified atom stereocenters. The number of hydrogen-bond acceptors (Lipinski definition) is 6. The summed E-state index contributed by atoms with van der Waals surface area (Å²) in [5.74, 6) is 0.779. The van der Waals surface area contributed by atoms with Crippen LogP contribution in [0, 0.1) is 0 Å². The second-order valence-electron chi connectivity index (χ2n) is 5.07. The minimum Gasteiger partial charge on any atom is -0.486 e. The van der Waals surface area contributed by atoms with Crippen LogP contribution in [0.2, 0.25) is 9.36 Å². The third kappa shape index (κ3) is 3.46. The van der Waals surface area contributed by atoms with Crippen LogP contribution in [0.5, 0.6) is 11.5 Å². The first-order chi connectivity index (χ1) is 12.1. The van der Waals surface area contributed by atoms with Gasteiger partial charge in [0, 0.05) is 17.5 Å². The zero-order valence-corrected chi connectivity index (χ0v) is 15.7. The molecule has 3 heterocycles. The number of benzene rings is 1. The number of halogens is 2. The number of nitrogens with zero attached hydrogens (tertiary/aromatic N) is 1. The highest BCUT2D eigenvalue weighted by Gasteiger charge is 2.18. The summed E-state index contributed by atoms with van der Waals surface area (Å²) in [6.07, 6.45) is 0. The van der Waals surface area contributed by atoms with Crippen molar-refractivity contribution in [2.75, 3.05) is 18.5 Å². The van der Waals surface area contributed by atoms with Crippen LogP contribution in [-0.4, -0.2) is 24.1 Å². The van der Waals surface area contributed by atoms with Crippen LogP contribution in [-0.2, 0) is 0 Å². The van der Waals surface area contributed by atoms with Gasteiger partial charge in [0.25, 0.3) is 5.91 Å². The Hall–Kier alpha value is -1.80. The number of aromatic nitrogens is 1. The van der Waals surface area contributed by atoms with Gasteiger partial charge in [-0.25, -0.2) is 4.98 Å². The Morgan fingerprint density at radius 1 is 1.16 bits per heavy atom. The first-order valence-electron chi connectivity index (χ1n) is 7.22. The highest BCUT2D eigenvalue weighted by molar-refractivity contribution is 7.23. The van der Waals surface area contributed by atoms with Crippen molar-refractivity contribution >= 4 is 57.5 Å². The smallest absolute Gasteiger partial charge is 0.275 e. The Bertz CT molecular complexity index is 955. The molecule has 0 bridgehead atoms. The van der Waals surface area contributed by atoms with Crippen molar-refractivity contribution in [1.82, 2.24) is 4.98 Å². The number of ether oxygens (including phenoxy) is 2. The minimum atomic E-state index is -0.344. The lowest BCUT2D eigenvalue weighted by atomic mass is 10.2. The monoisotopic (exact) mass is 412 g/mol. The Labute approximate surface area is 161 Å². The Kier molecular flexibility index (Phi) is 4.56. The third-order valence-corrected chi connectivity index (χ3v) is 5.96. The molecular weight excluding hydrogens is 403 g/mol. The Morgan fingerprint density at radius 3 is 2.64 bits per heavy atom. The van der Waals surface area contributed by atoms with E-state index in [0.29, 0.717) is 45.5 Å². The second-order valence-corrected chi connectivity index (χ2v) is 8.05. The lowest BCUT2D eigenvalue weighted by Gasteiger charge is -2.19. The van der Waals surface area contributed by atoms with Gasteiger partial charge in [-0.05, 0) is 12.1 Å². The lowest BCUT2D eigenvalue weighted by molar-refractivity contribution is 0.102. The molecule has 9 heteroatoms. The summed E-state index contributed by atoms with van der Waals surface area (Å²) in [4.78, 5) is 17.8. The van der Waals surface area contributed by atoms with Crippen LogP contribution in [0.15, 0.2) is 29.6 Å². The molecule has 1 aromatic carbocycles. The molecule has 3 aromatic rings. The molecule has 0 saturated carbocycles. The molecule has 1 aliphatic heterocycles. The predicted octanol–water partition coefficient (Wildman–Crippen LogP) is 5.20. The number of hydrogen-bond donors (Lipinski definition) is 1. The highest BCUT2D eigenvalue weighted by atomic mass is 35.5. The molecule has 0 aliphatic carbocycles. The van der Waals surface area contributed by atoms with Crippen LogP contribution >= 0.6 is 45.9 Å². The maximum absolute atomic E-state index is 12.5. The average molecular weight is 413 g/mol. The zero-order valence-electron chi connectivity index (χ0n) is 12.5. The molecule has 2 aromatic heterocycles. The summed E-state index contributed by atoms with van der Waals surface area (Å²) in [6.45, 7) is 0.935. The molecule has 5 nitrogen and oxygen atoms in total. The largest absolute Gasteiger partial charge is 0.486 e. The maximum atomic E-state index is 12.5. The van der Waals surface area contributed by atoms with E-state index < -0.39 is 0 Å². The number of fused-ring (bicyclic) bond motifs is 1. The molecule has 128 valence electrons. The van der Waals surface area contributed by atoms with Gasteiger partial charge in [-0.1, -0.05) is 23.2 Å². The molecule has 0 radical (unpaired) electrons. The van der Waals surface area contributed by atoms with Crippen LogP contribution in [0.25, 0.3) is 9.88 Å². The van der Waals surface area contributed by atoms with Crippen molar-refractivity contribution in [2.24, 2.45) is 0 Å². The van der Waals surface area contributed by atoms with Crippen molar-refractivity contribution in [2.45, 2.75) is 0 Å². The summed E-state index contributed by atoms with van der Waals surface area (Å²) in [5.41, 5.74) is 0.764. The number of nitrogens with one attached hydrogen (secondary N) is 1. The molecule has 1 aliphatic rings. The molecule has 1 N–H and O–H groups in total. The van der Waals surface area contributed by atoms with Crippen molar-refractivity contribution in [1.29, 1.82) is 0 Å². The van der Waals surface area contributed by atoms with E-state index in [-0.39, 0.29) is 5.91 Å². The van der Waals surface area contributed by atoms with E-state index in [1.54, 1.807) is 23.6 Å². The molecule has 25 heavy (non-hydrogen) atoms. The topological polar surface area (TPSA) is 60.5 Å². The van der Waals surface area contributed by atoms with E-state index >= 15 is 0 Å². The van der Waals surface area contributed by atoms with Gasteiger partial charge in [0.05, 0.1) is 19.9 Å². The van der Waals surface area contributed by atoms with Crippen LogP contribution in [0.4, 0.5) is 5.69 Å². The van der Waals surface area contributed by atoms with Gasteiger partial charge in [0.1, 0.15) is 23.9 Å². The normalized spacial score (nSPS) is 12.9. The second kappa shape index (κ2) is 6.84. The first kappa shape index (κ1) is 16.7. The molecule has 4 rings (SSSR count). The van der Waals surface area contributed by atoms with E-state index in [2.05, 4.69) is 10.3 Å². The SMILES string of the molecule is O=C(Nc1cc2c(cc1Cl)OCCO2)c1csc(-c2ccc(Cl)s2)n1. The minimum absolute atomic E-state index is 0.315. The molecule has 1 amide bonds. The number of thiazole rings is 1. The van der Waals surface area contributed by atoms with Crippen molar-refractivity contribution in [3.63, 3.8) is 0 Å². The van der Waals surface area contributed by atoms with E-state index in [1.807, 2.05) is 6.07 Å². The standard InChI is InChI=1S/C16H10Cl2N2O3S2/c17-8-5-11-12(23-4-3-22-11)6-9(8)19-15(21)10-7-24-16(20-10)13-1-2-14(18)25-13/h1-2,5-7H,3-4H2,(H,19,21). The summed E-state index contributed by atoms with van der Waals surface area (Å²) in [7, 11) is 0. The fourth-order valence-electron chi connectivity index (χ4n) is 2.27. The number of amides is 1. The maximum Gasteiger partial charge on any atom is 0.275 e. The van der Waals surface area contributed by atoms with Crippen molar-refractivity contribution < 1.29 is 14.3 Å². The number of rotatable bonds is 3. The van der Waals surface area contributed by atoms with Crippen LogP contribution < -0.4 is 14.8 Å². The van der Waals surface area contributed by atoms with Crippen molar-refractivity contribution in [3.8, 4) is 21.4 Å². The molecule has 0 fully saturated rings. The zero-order chi connectivity index (χ0) is 17.4. The fourth-order valence-corrected chi connectivity index (χ4v) is 4.38. The first-order valence-corrected chi connectivity index (χ1v) is 9.67. The number of thiophene rings is 1. The van der Waals surface area contributed by atoms with Gasteiger partial charge in [0.15, 0.2) is 11.5 Å². The predicted molar refractivity (Wildman–Crippen MR) is 101 cm³/mol. The van der Waals surface area contributed by atoms with Gasteiger partial charge < -0.3 is 14.8 Å². The molecule has 0 saturated heterocycles. The van der Waals surface area contributed by atoms with Gasteiger partial charge >= 0.3 is 0 Å². The van der Waals surface area contributed by atoms with Gasteiger partial charge in [-0.15, -0.1) is 22.7 Å². The molecular formula is C16H10Cl2N2O3S2. The van der Waals surface area contributed by atoms with E-state index in [4.69, 9.17) is 32.7 Å². The van der Waals surface area contributed by atoms with Crippen LogP contribution in [0.1, 0.15) is 10.5 Å². The average Bonchev–Trinajstić information content (AvgIpc) is 3.24. The fraction of sp³-hybridized carbons (Fsp3) is 0.125. The van der Waals surface area contributed by atoms with E-state index in [0.717, 1.165) is 9.88 Å². The van der Waals surface area contributed by atoms with Gasteiger partial charge in [-0.3, -0.25) is 4.79 Å². The van der Waals surface area contributed by atoms with Crippen LogP contribution in [0.3, 0.4) is 0 Å². The Balaban J connectivity index is 1.55. The van der Waals surface area contributed by atoms with Crippen molar-refractivity contribution in [3.05, 3.63) is 44.7 Å². The number of anilines is 1. The molecule has 0 atom stereocenters. The lowest BCUT2D eigenvalue weighted by Crippen LogP contribution is -2.17. The number of carbonyl (C=O) groups excluding carboxylic acids is 1. The summed E-state index contributed by atoms with van der Waals surface area (Å²) >= 11 is 15.0. The summed E-state index contributed by atoms with van der Waals surface area (Å²) in [6, 6.07) is 6.97. The van der Waals surface area contributed by atoms with Gasteiger partial charge in [0.2, 0.25) is 0 Å².